The third-order valence-corrected chi connectivity index (χ3v) is 8.34. The molecule has 0 bridgehead atoms. The van der Waals surface area contributed by atoms with Crippen LogP contribution in [0.3, 0.4) is 0 Å². The second-order valence-electron chi connectivity index (χ2n) is 10.3. The maximum atomic E-state index is 13.6. The van der Waals surface area contributed by atoms with Crippen molar-refractivity contribution in [1.82, 2.24) is 4.98 Å². The first kappa shape index (κ1) is 25.1. The van der Waals surface area contributed by atoms with Gasteiger partial charge in [-0.3, -0.25) is 14.5 Å². The Hall–Kier alpha value is -4.17. The van der Waals surface area contributed by atoms with Crippen molar-refractivity contribution in [3.8, 4) is 11.5 Å². The summed E-state index contributed by atoms with van der Waals surface area (Å²) >= 11 is 1.30. The first-order chi connectivity index (χ1) is 18.7. The lowest BCUT2D eigenvalue weighted by Crippen LogP contribution is -2.29. The number of hydrogen-bond acceptors (Lipinski definition) is 7. The molecule has 0 saturated carbocycles. The molecular weight excluding hydrogens is 512 g/mol. The van der Waals surface area contributed by atoms with Gasteiger partial charge in [0, 0.05) is 12.0 Å². The van der Waals surface area contributed by atoms with Gasteiger partial charge in [0.2, 0.25) is 0 Å². The quantitative estimate of drug-likeness (QED) is 0.180. The van der Waals surface area contributed by atoms with Gasteiger partial charge in [0.25, 0.3) is 5.78 Å². The third kappa shape index (κ3) is 4.25. The number of benzene rings is 3. The largest absolute Gasteiger partial charge is 0.507 e. The SMILES string of the molecule is COc1ccc2nc(N3C(=O)C(=O)/C(=C(/O)c4ccc5c(c4)C[C@@H](C)O5)[C@@H]3c3ccc(C(C)C)cc3)sc2c1. The molecular formula is C31H28N2O5S. The molecule has 2 atom stereocenters. The summed E-state index contributed by atoms with van der Waals surface area (Å²) in [5.74, 6) is 0.0892. The Morgan fingerprint density at radius 3 is 2.59 bits per heavy atom. The van der Waals surface area contributed by atoms with Gasteiger partial charge in [-0.05, 0) is 65.9 Å². The third-order valence-electron chi connectivity index (χ3n) is 7.32. The van der Waals surface area contributed by atoms with Crippen LogP contribution in [0.2, 0.25) is 0 Å². The fourth-order valence-corrected chi connectivity index (χ4v) is 6.28. The predicted octanol–water partition coefficient (Wildman–Crippen LogP) is 6.38. The first-order valence-electron chi connectivity index (χ1n) is 12.9. The minimum Gasteiger partial charge on any atom is -0.507 e. The number of Topliss-reactive ketones (excluding diaryl/α,β-unsaturated/α-hetero) is 1. The maximum absolute atomic E-state index is 13.6. The number of hydrogen-bond donors (Lipinski definition) is 1. The Bertz CT molecular complexity index is 1650. The van der Waals surface area contributed by atoms with Crippen LogP contribution in [0.4, 0.5) is 5.13 Å². The summed E-state index contributed by atoms with van der Waals surface area (Å²) in [6, 6.07) is 17.8. The normalized spacial score (nSPS) is 20.1. The Kier molecular flexibility index (Phi) is 6.14. The first-order valence-corrected chi connectivity index (χ1v) is 13.7. The van der Waals surface area contributed by atoms with Crippen molar-refractivity contribution in [3.63, 3.8) is 0 Å². The van der Waals surface area contributed by atoms with Crippen LogP contribution in [-0.4, -0.2) is 35.0 Å². The fourth-order valence-electron chi connectivity index (χ4n) is 5.26. The number of aliphatic hydroxyl groups excluding tert-OH is 1. The molecule has 2 aliphatic rings. The summed E-state index contributed by atoms with van der Waals surface area (Å²) < 4.78 is 12.0. The summed E-state index contributed by atoms with van der Waals surface area (Å²) in [5, 5.41) is 11.9. The molecule has 0 radical (unpaired) electrons. The monoisotopic (exact) mass is 540 g/mol. The molecule has 0 unspecified atom stereocenters. The number of nitrogens with zero attached hydrogens (tertiary/aromatic N) is 2. The predicted molar refractivity (Wildman–Crippen MR) is 152 cm³/mol. The smallest absolute Gasteiger partial charge is 0.301 e. The van der Waals surface area contributed by atoms with Gasteiger partial charge in [0.05, 0.1) is 28.9 Å². The van der Waals surface area contributed by atoms with E-state index >= 15 is 0 Å². The number of ketones is 1. The molecule has 0 aliphatic carbocycles. The van der Waals surface area contributed by atoms with Gasteiger partial charge in [-0.15, -0.1) is 0 Å². The topological polar surface area (TPSA) is 89.0 Å². The van der Waals surface area contributed by atoms with Crippen molar-refractivity contribution in [1.29, 1.82) is 0 Å². The van der Waals surface area contributed by atoms with Crippen LogP contribution in [0.15, 0.2) is 66.2 Å². The van der Waals surface area contributed by atoms with E-state index in [1.165, 1.54) is 16.2 Å². The molecule has 1 N–H and O–H groups in total. The fraction of sp³-hybridized carbons (Fsp3) is 0.258. The lowest BCUT2D eigenvalue weighted by atomic mass is 9.93. The average Bonchev–Trinajstić information content (AvgIpc) is 3.59. The molecule has 1 fully saturated rings. The van der Waals surface area contributed by atoms with Gasteiger partial charge < -0.3 is 14.6 Å². The van der Waals surface area contributed by atoms with E-state index in [-0.39, 0.29) is 17.4 Å². The van der Waals surface area contributed by atoms with Crippen molar-refractivity contribution in [2.75, 3.05) is 12.0 Å². The highest BCUT2D eigenvalue weighted by Gasteiger charge is 2.48. The summed E-state index contributed by atoms with van der Waals surface area (Å²) in [6.45, 7) is 6.20. The number of amides is 1. The molecule has 39 heavy (non-hydrogen) atoms. The standard InChI is InChI=1S/C31H28N2O5S/c1-16(2)18-5-7-19(8-6-18)27-26(28(34)20-9-12-24-21(14-20)13-17(3)38-24)29(35)30(36)33(27)31-32-23-11-10-22(37-4)15-25(23)39-31/h5-12,14-17,27,34H,13H2,1-4H3/b28-26+/t17-,27+/m1/s1. The van der Waals surface area contributed by atoms with E-state index in [0.717, 1.165) is 27.1 Å². The number of methoxy groups -OCH3 is 1. The second-order valence-corrected chi connectivity index (χ2v) is 11.3. The summed E-state index contributed by atoms with van der Waals surface area (Å²) in [4.78, 5) is 33.3. The second kappa shape index (κ2) is 9.54. The zero-order valence-corrected chi connectivity index (χ0v) is 22.9. The molecule has 2 aliphatic heterocycles. The number of carbonyl (C=O) groups excluding carboxylic acids is 2. The van der Waals surface area contributed by atoms with Crippen LogP contribution in [0.1, 0.15) is 55.0 Å². The van der Waals surface area contributed by atoms with Crippen LogP contribution in [0, 0.1) is 0 Å². The average molecular weight is 541 g/mol. The van der Waals surface area contributed by atoms with Crippen LogP contribution in [0.5, 0.6) is 11.5 Å². The van der Waals surface area contributed by atoms with Crippen LogP contribution < -0.4 is 14.4 Å². The molecule has 1 amide bonds. The molecule has 0 spiro atoms. The highest BCUT2D eigenvalue weighted by Crippen LogP contribution is 2.45. The zero-order chi connectivity index (χ0) is 27.4. The van der Waals surface area contributed by atoms with Gasteiger partial charge in [0.15, 0.2) is 5.13 Å². The lowest BCUT2D eigenvalue weighted by molar-refractivity contribution is -0.132. The van der Waals surface area contributed by atoms with Crippen LogP contribution >= 0.6 is 11.3 Å². The number of anilines is 1. The minimum absolute atomic E-state index is 0.0418. The number of ether oxygens (including phenoxy) is 2. The minimum atomic E-state index is -0.836. The molecule has 7 nitrogen and oxygen atoms in total. The highest BCUT2D eigenvalue weighted by molar-refractivity contribution is 7.22. The number of thiazole rings is 1. The van der Waals surface area contributed by atoms with Crippen molar-refractivity contribution in [3.05, 3.63) is 88.5 Å². The van der Waals surface area contributed by atoms with Crippen molar-refractivity contribution >= 4 is 44.1 Å². The van der Waals surface area contributed by atoms with Gasteiger partial charge >= 0.3 is 5.91 Å². The number of carbonyl (C=O) groups is 2. The summed E-state index contributed by atoms with van der Waals surface area (Å²) in [6.07, 6.45) is 0.750. The van der Waals surface area contributed by atoms with Crippen LogP contribution in [-0.2, 0) is 16.0 Å². The molecule has 6 rings (SSSR count). The van der Waals surface area contributed by atoms with Crippen molar-refractivity contribution in [2.24, 2.45) is 0 Å². The Labute approximate surface area is 230 Å². The maximum Gasteiger partial charge on any atom is 0.301 e. The van der Waals surface area contributed by atoms with E-state index < -0.39 is 17.7 Å². The molecule has 3 aromatic carbocycles. The van der Waals surface area contributed by atoms with Crippen molar-refractivity contribution < 1.29 is 24.2 Å². The van der Waals surface area contributed by atoms with Crippen LogP contribution in [0.25, 0.3) is 16.0 Å². The molecule has 3 heterocycles. The Morgan fingerprint density at radius 2 is 1.87 bits per heavy atom. The lowest BCUT2D eigenvalue weighted by Gasteiger charge is -2.23. The Morgan fingerprint density at radius 1 is 1.10 bits per heavy atom. The van der Waals surface area contributed by atoms with Gasteiger partial charge in [-0.1, -0.05) is 49.4 Å². The van der Waals surface area contributed by atoms with E-state index in [9.17, 15) is 14.7 Å². The number of aliphatic hydroxyl groups is 1. The summed E-state index contributed by atoms with van der Waals surface area (Å²) in [5.41, 5.74) is 4.02. The number of rotatable bonds is 5. The van der Waals surface area contributed by atoms with E-state index in [0.29, 0.717) is 34.3 Å². The molecule has 1 aromatic heterocycles. The van der Waals surface area contributed by atoms with Gasteiger partial charge in [0.1, 0.15) is 23.4 Å². The molecule has 1 saturated heterocycles. The number of aromatic nitrogens is 1. The highest BCUT2D eigenvalue weighted by atomic mass is 32.1. The number of fused-ring (bicyclic) bond motifs is 2. The van der Waals surface area contributed by atoms with Crippen molar-refractivity contribution in [2.45, 2.75) is 45.3 Å². The van der Waals surface area contributed by atoms with E-state index in [4.69, 9.17) is 14.5 Å². The zero-order valence-electron chi connectivity index (χ0n) is 22.1. The summed E-state index contributed by atoms with van der Waals surface area (Å²) in [7, 11) is 1.59. The van der Waals surface area contributed by atoms with Gasteiger partial charge in [-0.25, -0.2) is 4.98 Å². The van der Waals surface area contributed by atoms with Gasteiger partial charge in [-0.2, -0.15) is 0 Å². The van der Waals surface area contributed by atoms with E-state index in [1.807, 2.05) is 49.4 Å². The molecule has 8 heteroatoms. The molecule has 4 aromatic rings. The van der Waals surface area contributed by atoms with E-state index in [1.54, 1.807) is 25.3 Å². The molecule has 198 valence electrons. The Balaban J connectivity index is 1.52. The van der Waals surface area contributed by atoms with E-state index in [2.05, 4.69) is 13.8 Å².